The van der Waals surface area contributed by atoms with Crippen molar-refractivity contribution >= 4 is 21.4 Å². The molecule has 0 radical (unpaired) electrons. The van der Waals surface area contributed by atoms with Crippen molar-refractivity contribution < 1.29 is 12.8 Å². The Morgan fingerprint density at radius 3 is 2.48 bits per heavy atom. The van der Waals surface area contributed by atoms with Crippen molar-refractivity contribution in [2.45, 2.75) is 19.3 Å². The van der Waals surface area contributed by atoms with Crippen LogP contribution in [-0.2, 0) is 10.0 Å². The van der Waals surface area contributed by atoms with Gasteiger partial charge in [-0.1, -0.05) is 25.1 Å². The first-order chi connectivity index (χ1) is 12.8. The van der Waals surface area contributed by atoms with Crippen LogP contribution in [0.2, 0.25) is 0 Å². The lowest BCUT2D eigenvalue weighted by Crippen LogP contribution is -2.33. The van der Waals surface area contributed by atoms with Gasteiger partial charge in [0.25, 0.3) is 0 Å². The molecular weight excluding hydrogens is 367 g/mol. The molecule has 0 amide bonds. The van der Waals surface area contributed by atoms with E-state index in [0.29, 0.717) is 31.9 Å². The van der Waals surface area contributed by atoms with Crippen LogP contribution in [0, 0.1) is 5.82 Å². The number of benzene rings is 1. The highest BCUT2D eigenvalue weighted by molar-refractivity contribution is 7.88. The number of hydrogen-bond acceptors (Lipinski definition) is 5. The zero-order valence-electron chi connectivity index (χ0n) is 15.4. The summed E-state index contributed by atoms with van der Waals surface area (Å²) in [5.41, 5.74) is 2.82. The van der Waals surface area contributed by atoms with Crippen LogP contribution in [0.1, 0.15) is 30.5 Å². The molecule has 0 aliphatic carbocycles. The summed E-state index contributed by atoms with van der Waals surface area (Å²) in [7, 11) is -3.16. The second-order valence-electron chi connectivity index (χ2n) is 6.74. The summed E-state index contributed by atoms with van der Waals surface area (Å²) in [4.78, 5) is 0. The molecule has 6 nitrogen and oxygen atoms in total. The van der Waals surface area contributed by atoms with Crippen molar-refractivity contribution in [2.75, 3.05) is 31.2 Å². The van der Waals surface area contributed by atoms with Crippen LogP contribution in [-0.4, -0.2) is 48.8 Å². The maximum Gasteiger partial charge on any atom is 0.211 e. The van der Waals surface area contributed by atoms with Gasteiger partial charge in [-0.25, -0.2) is 12.8 Å². The van der Waals surface area contributed by atoms with E-state index in [1.165, 1.54) is 22.7 Å². The number of anilines is 1. The lowest BCUT2D eigenvalue weighted by atomic mass is 10.0. The minimum absolute atomic E-state index is 0.204. The molecule has 1 atom stereocenters. The third-order valence-electron chi connectivity index (χ3n) is 4.66. The monoisotopic (exact) mass is 390 g/mol. The highest BCUT2D eigenvalue weighted by Crippen LogP contribution is 2.22. The van der Waals surface area contributed by atoms with E-state index in [0.717, 1.165) is 16.8 Å². The topological polar surface area (TPSA) is 75.2 Å². The number of halogens is 1. The number of nitrogens with one attached hydrogen (secondary N) is 1. The molecule has 1 aliphatic heterocycles. The molecule has 0 bridgehead atoms. The minimum atomic E-state index is -3.16. The quantitative estimate of drug-likeness (QED) is 0.821. The summed E-state index contributed by atoms with van der Waals surface area (Å²) >= 11 is 0. The van der Waals surface area contributed by atoms with E-state index in [9.17, 15) is 12.8 Å². The smallest absolute Gasteiger partial charge is 0.211 e. The molecule has 0 saturated carbocycles. The van der Waals surface area contributed by atoms with E-state index in [-0.39, 0.29) is 11.7 Å². The molecule has 144 valence electrons. The summed E-state index contributed by atoms with van der Waals surface area (Å²) in [6.45, 7) is 3.54. The predicted octanol–water partition coefficient (Wildman–Crippen LogP) is 2.88. The largest absolute Gasteiger partial charge is 0.368 e. The first-order valence-corrected chi connectivity index (χ1v) is 10.7. The second-order valence-corrected chi connectivity index (χ2v) is 8.72. The maximum atomic E-state index is 13.0. The van der Waals surface area contributed by atoms with E-state index in [2.05, 4.69) is 22.4 Å². The molecule has 0 spiro atoms. The molecule has 0 saturated heterocycles. The Bertz CT molecular complexity index is 912. The fraction of sp³-hybridized carbons (Fsp3) is 0.368. The van der Waals surface area contributed by atoms with E-state index in [4.69, 9.17) is 0 Å². The van der Waals surface area contributed by atoms with Crippen molar-refractivity contribution in [3.63, 3.8) is 0 Å². The van der Waals surface area contributed by atoms with Crippen molar-refractivity contribution in [1.82, 2.24) is 14.5 Å². The number of nitrogens with zero attached hydrogens (tertiary/aromatic N) is 3. The number of sulfonamides is 1. The molecule has 1 aromatic carbocycles. The fourth-order valence-corrected chi connectivity index (χ4v) is 3.72. The highest BCUT2D eigenvalue weighted by atomic mass is 32.2. The van der Waals surface area contributed by atoms with Crippen LogP contribution in [0.15, 0.2) is 42.5 Å². The van der Waals surface area contributed by atoms with Crippen molar-refractivity contribution in [1.29, 1.82) is 0 Å². The van der Waals surface area contributed by atoms with E-state index < -0.39 is 10.0 Å². The van der Waals surface area contributed by atoms with Gasteiger partial charge in [-0.05, 0) is 47.7 Å². The molecule has 1 unspecified atom stereocenters. The zero-order chi connectivity index (χ0) is 19.4. The van der Waals surface area contributed by atoms with Crippen molar-refractivity contribution in [2.24, 2.45) is 0 Å². The van der Waals surface area contributed by atoms with Crippen LogP contribution in [0.5, 0.6) is 0 Å². The lowest BCUT2D eigenvalue weighted by Gasteiger charge is -2.23. The van der Waals surface area contributed by atoms with Crippen LogP contribution in [0.4, 0.5) is 10.2 Å². The van der Waals surface area contributed by atoms with Crippen LogP contribution >= 0.6 is 0 Å². The van der Waals surface area contributed by atoms with Crippen molar-refractivity contribution in [3.05, 3.63) is 59.5 Å². The molecule has 0 fully saturated rings. The number of hydrogen-bond donors (Lipinski definition) is 1. The van der Waals surface area contributed by atoms with Gasteiger partial charge < -0.3 is 5.32 Å². The van der Waals surface area contributed by atoms with Gasteiger partial charge in [-0.3, -0.25) is 0 Å². The normalized spacial score (nSPS) is 16.6. The predicted molar refractivity (Wildman–Crippen MR) is 104 cm³/mol. The summed E-state index contributed by atoms with van der Waals surface area (Å²) < 4.78 is 37.6. The van der Waals surface area contributed by atoms with Gasteiger partial charge in [0.15, 0.2) is 0 Å². The van der Waals surface area contributed by atoms with Gasteiger partial charge in [-0.2, -0.15) is 4.31 Å². The summed E-state index contributed by atoms with van der Waals surface area (Å²) in [5, 5.41) is 11.7. The Balaban J connectivity index is 1.58. The fourth-order valence-electron chi connectivity index (χ4n) is 2.95. The third-order valence-corrected chi connectivity index (χ3v) is 5.93. The van der Waals surface area contributed by atoms with E-state index >= 15 is 0 Å². The van der Waals surface area contributed by atoms with Gasteiger partial charge in [0, 0.05) is 19.6 Å². The Morgan fingerprint density at radius 1 is 1.19 bits per heavy atom. The zero-order valence-corrected chi connectivity index (χ0v) is 16.2. The Labute approximate surface area is 159 Å². The third kappa shape index (κ3) is 5.11. The molecule has 8 heteroatoms. The van der Waals surface area contributed by atoms with Crippen LogP contribution < -0.4 is 5.32 Å². The number of aromatic nitrogens is 2. The van der Waals surface area contributed by atoms with Gasteiger partial charge in [-0.15, -0.1) is 10.2 Å². The molecule has 2 aromatic rings. The molecular formula is C19H23FN4O2S. The highest BCUT2D eigenvalue weighted by Gasteiger charge is 2.20. The van der Waals surface area contributed by atoms with E-state index in [1.54, 1.807) is 12.1 Å². The summed E-state index contributed by atoms with van der Waals surface area (Å²) in [6.07, 6.45) is 3.73. The lowest BCUT2D eigenvalue weighted by molar-refractivity contribution is 0.445. The molecule has 27 heavy (non-hydrogen) atoms. The van der Waals surface area contributed by atoms with Crippen LogP contribution in [0.25, 0.3) is 5.57 Å². The van der Waals surface area contributed by atoms with Gasteiger partial charge in [0.1, 0.15) is 11.6 Å². The summed E-state index contributed by atoms with van der Waals surface area (Å²) in [6, 6.07) is 10.2. The first-order valence-electron chi connectivity index (χ1n) is 8.80. The molecule has 3 rings (SSSR count). The van der Waals surface area contributed by atoms with Gasteiger partial charge in [0.05, 0.1) is 11.9 Å². The average Bonchev–Trinajstić information content (AvgIpc) is 2.66. The minimum Gasteiger partial charge on any atom is -0.368 e. The average molecular weight is 390 g/mol. The van der Waals surface area contributed by atoms with Crippen LogP contribution in [0.3, 0.4) is 0 Å². The van der Waals surface area contributed by atoms with Gasteiger partial charge in [0.2, 0.25) is 10.0 Å². The molecule has 2 heterocycles. The maximum absolute atomic E-state index is 13.0. The standard InChI is InChI=1S/C19H23FN4O2S/c1-14(15-3-5-17(20)6-4-15)13-21-19-8-7-18(22-23-19)16-9-11-24(12-10-16)27(2,25)26/h3-9,14H,10-13H2,1-2H3,(H,21,23). The summed E-state index contributed by atoms with van der Waals surface area (Å²) in [5.74, 6) is 0.633. The molecule has 1 aliphatic rings. The Morgan fingerprint density at radius 2 is 1.93 bits per heavy atom. The first kappa shape index (κ1) is 19.4. The molecule has 1 aromatic heterocycles. The second kappa shape index (κ2) is 8.14. The Kier molecular flexibility index (Phi) is 5.86. The Hall–Kier alpha value is -2.32. The SMILES string of the molecule is CC(CNc1ccc(C2=CCN(S(C)(=O)=O)CC2)nn1)c1ccc(F)cc1. The van der Waals surface area contributed by atoms with E-state index in [1.807, 2.05) is 18.2 Å². The molecule has 1 N–H and O–H groups in total. The number of rotatable bonds is 6. The van der Waals surface area contributed by atoms with Gasteiger partial charge >= 0.3 is 0 Å². The van der Waals surface area contributed by atoms with Crippen molar-refractivity contribution in [3.8, 4) is 0 Å².